The summed E-state index contributed by atoms with van der Waals surface area (Å²) in [5.41, 5.74) is 5.53. The molecular formula is C34H38N8O. The maximum Gasteiger partial charge on any atom is 0.246 e. The lowest BCUT2D eigenvalue weighted by atomic mass is 9.94. The number of fused-ring (bicyclic) bond motifs is 2. The number of aromatic nitrogens is 1. The molecule has 220 valence electrons. The number of nitriles is 2. The molecule has 2 saturated heterocycles. The van der Waals surface area contributed by atoms with Gasteiger partial charge in [-0.05, 0) is 50.5 Å². The van der Waals surface area contributed by atoms with Gasteiger partial charge in [0.25, 0.3) is 0 Å². The first-order valence-electron chi connectivity index (χ1n) is 16.3. The quantitative estimate of drug-likeness (QED) is 0.408. The first-order chi connectivity index (χ1) is 22.0. The van der Waals surface area contributed by atoms with Crippen LogP contribution in [0.2, 0.25) is 0 Å². The molecule has 43 heavy (non-hydrogen) atoms. The lowest BCUT2D eigenvalue weighted by Gasteiger charge is -2.46. The van der Waals surface area contributed by atoms with Gasteiger partial charge in [-0.15, -0.1) is 0 Å². The highest BCUT2D eigenvalue weighted by atomic mass is 16.2. The fraction of sp³-hybridized carbons (Fsp3) is 0.412. The Morgan fingerprint density at radius 2 is 1.93 bits per heavy atom. The largest absolute Gasteiger partial charge is 0.366 e. The zero-order valence-corrected chi connectivity index (χ0v) is 24.8. The van der Waals surface area contributed by atoms with E-state index >= 15 is 0 Å². The van der Waals surface area contributed by atoms with E-state index in [-0.39, 0.29) is 24.4 Å². The summed E-state index contributed by atoms with van der Waals surface area (Å²) in [6.45, 7) is 7.06. The molecule has 2 aromatic carbocycles. The molecule has 0 N–H and O–H groups in total. The summed E-state index contributed by atoms with van der Waals surface area (Å²) in [4.78, 5) is 27.4. The molecule has 1 atom stereocenters. The third kappa shape index (κ3) is 5.04. The Balaban J connectivity index is 1.42. The number of anilines is 3. The van der Waals surface area contributed by atoms with Crippen LogP contribution in [-0.4, -0.2) is 86.1 Å². The summed E-state index contributed by atoms with van der Waals surface area (Å²) < 4.78 is 23.5. The van der Waals surface area contributed by atoms with Crippen LogP contribution in [0.25, 0.3) is 10.8 Å². The number of piperazine rings is 1. The predicted octanol–water partition coefficient (Wildman–Crippen LogP) is 3.84. The van der Waals surface area contributed by atoms with Crippen molar-refractivity contribution in [2.24, 2.45) is 0 Å². The third-order valence-corrected chi connectivity index (χ3v) is 9.14. The summed E-state index contributed by atoms with van der Waals surface area (Å²) in [6.07, 6.45) is 2.13. The zero-order chi connectivity index (χ0) is 32.7. The minimum Gasteiger partial charge on any atom is -0.366 e. The van der Waals surface area contributed by atoms with E-state index in [0.29, 0.717) is 57.1 Å². The van der Waals surface area contributed by atoms with Crippen molar-refractivity contribution in [3.63, 3.8) is 0 Å². The zero-order valence-electron chi connectivity index (χ0n) is 27.8. The standard InChI is InChI=1S/C34H38N8O/c1-5-31(43)42-17-16-40(19-25(42)12-14-35)33-27-13-15-39(30-11-7-10-24-9-6-8-23(2)32(24)30)22-29(27)37-34(28(33)18-36)41-20-26(21-41)38(3)4/h5-11,25-26H,1,12-13,15-17,19-22H2,2-4H3/t25-/m0/s1/i3D3. The summed E-state index contributed by atoms with van der Waals surface area (Å²) in [5.74, 6) is 0.354. The van der Waals surface area contributed by atoms with Crippen LogP contribution in [0.15, 0.2) is 49.1 Å². The molecular weight excluding hydrogens is 536 g/mol. The van der Waals surface area contributed by atoms with E-state index in [1.807, 2.05) is 4.90 Å². The number of nitrogens with zero attached hydrogens (tertiary/aromatic N) is 8. The molecule has 0 radical (unpaired) electrons. The molecule has 0 bridgehead atoms. The lowest BCUT2D eigenvalue weighted by molar-refractivity contribution is -0.128. The topological polar surface area (TPSA) is 93.7 Å². The van der Waals surface area contributed by atoms with E-state index in [1.54, 1.807) is 11.9 Å². The lowest BCUT2D eigenvalue weighted by Crippen LogP contribution is -2.58. The van der Waals surface area contributed by atoms with Gasteiger partial charge in [0.2, 0.25) is 5.91 Å². The van der Waals surface area contributed by atoms with E-state index in [4.69, 9.17) is 9.10 Å². The van der Waals surface area contributed by atoms with E-state index < -0.39 is 6.98 Å². The van der Waals surface area contributed by atoms with Crippen molar-refractivity contribution in [1.29, 1.82) is 10.5 Å². The Hall–Kier alpha value is -4.60. The number of pyridine rings is 1. The summed E-state index contributed by atoms with van der Waals surface area (Å²) in [5, 5.41) is 22.6. The van der Waals surface area contributed by atoms with Crippen LogP contribution in [0.3, 0.4) is 0 Å². The Kier molecular flexibility index (Phi) is 6.72. The van der Waals surface area contributed by atoms with E-state index in [1.165, 1.54) is 27.3 Å². The molecule has 3 aromatic rings. The predicted molar refractivity (Wildman–Crippen MR) is 170 cm³/mol. The van der Waals surface area contributed by atoms with Gasteiger partial charge in [-0.2, -0.15) is 10.5 Å². The molecule has 1 aromatic heterocycles. The van der Waals surface area contributed by atoms with Crippen LogP contribution in [0.5, 0.6) is 0 Å². The molecule has 9 nitrogen and oxygen atoms in total. The fourth-order valence-electron chi connectivity index (χ4n) is 6.82. The average Bonchev–Trinajstić information content (AvgIpc) is 3.02. The van der Waals surface area contributed by atoms with Gasteiger partial charge in [0.05, 0.1) is 36.5 Å². The molecule has 0 aliphatic carbocycles. The maximum atomic E-state index is 12.6. The molecule has 3 aliphatic heterocycles. The second-order valence-corrected chi connectivity index (χ2v) is 11.7. The molecule has 4 heterocycles. The third-order valence-electron chi connectivity index (χ3n) is 9.14. The van der Waals surface area contributed by atoms with Crippen LogP contribution in [0.4, 0.5) is 17.2 Å². The van der Waals surface area contributed by atoms with Gasteiger partial charge in [0.1, 0.15) is 17.5 Å². The van der Waals surface area contributed by atoms with Crippen molar-refractivity contribution in [3.8, 4) is 12.1 Å². The van der Waals surface area contributed by atoms with E-state index in [2.05, 4.69) is 71.8 Å². The highest BCUT2D eigenvalue weighted by molar-refractivity contribution is 5.97. The number of carbonyl (C=O) groups excluding carboxylic acids is 1. The number of aryl methyl sites for hydroxylation is 1. The molecule has 0 saturated carbocycles. The molecule has 2 fully saturated rings. The fourth-order valence-corrected chi connectivity index (χ4v) is 6.82. The first-order valence-corrected chi connectivity index (χ1v) is 14.8. The highest BCUT2D eigenvalue weighted by Gasteiger charge is 2.38. The molecule has 0 unspecified atom stereocenters. The summed E-state index contributed by atoms with van der Waals surface area (Å²) in [7, 11) is 1.61. The van der Waals surface area contributed by atoms with Crippen molar-refractivity contribution < 1.29 is 8.91 Å². The van der Waals surface area contributed by atoms with Gasteiger partial charge in [0, 0.05) is 66.1 Å². The van der Waals surface area contributed by atoms with Crippen molar-refractivity contribution in [3.05, 3.63) is 71.4 Å². The van der Waals surface area contributed by atoms with Crippen LogP contribution >= 0.6 is 0 Å². The second-order valence-electron chi connectivity index (χ2n) is 11.7. The Morgan fingerprint density at radius 3 is 2.65 bits per heavy atom. The smallest absolute Gasteiger partial charge is 0.246 e. The van der Waals surface area contributed by atoms with Crippen LogP contribution in [0, 0.1) is 29.6 Å². The van der Waals surface area contributed by atoms with Gasteiger partial charge in [-0.1, -0.05) is 36.9 Å². The number of likely N-dealkylation sites (N-methyl/N-ethyl adjacent to an activating group) is 1. The monoisotopic (exact) mass is 577 g/mol. The van der Waals surface area contributed by atoms with Crippen molar-refractivity contribution in [2.45, 2.75) is 38.4 Å². The Bertz CT molecular complexity index is 1770. The first kappa shape index (κ1) is 24.9. The minimum absolute atomic E-state index is 0.168. The number of benzene rings is 2. The van der Waals surface area contributed by atoms with Crippen LogP contribution in [-0.2, 0) is 17.8 Å². The number of rotatable bonds is 6. The normalized spacial score (nSPS) is 20.0. The SMILES string of the molecule is [2H]C([2H])([2H])N(C)C1CN(c2nc3c(c(N4CCN(C(=O)C=C)[C@@H](CC#N)C4)c2C#N)CCN(c2cccc4cccc(C)c24)C3)C1. The van der Waals surface area contributed by atoms with E-state index in [0.717, 1.165) is 29.2 Å². The van der Waals surface area contributed by atoms with Crippen molar-refractivity contribution in [2.75, 3.05) is 68.0 Å². The number of amides is 1. The Labute approximate surface area is 258 Å². The van der Waals surface area contributed by atoms with Gasteiger partial charge < -0.3 is 24.5 Å². The van der Waals surface area contributed by atoms with Gasteiger partial charge in [0.15, 0.2) is 0 Å². The van der Waals surface area contributed by atoms with Gasteiger partial charge >= 0.3 is 0 Å². The maximum absolute atomic E-state index is 12.6. The molecule has 0 spiro atoms. The highest BCUT2D eigenvalue weighted by Crippen LogP contribution is 2.41. The summed E-state index contributed by atoms with van der Waals surface area (Å²) >= 11 is 0. The van der Waals surface area contributed by atoms with Crippen LogP contribution < -0.4 is 14.7 Å². The van der Waals surface area contributed by atoms with Gasteiger partial charge in [-0.3, -0.25) is 4.79 Å². The van der Waals surface area contributed by atoms with Crippen LogP contribution in [0.1, 0.15) is 32.9 Å². The number of hydrogen-bond acceptors (Lipinski definition) is 8. The van der Waals surface area contributed by atoms with E-state index in [9.17, 15) is 15.3 Å². The summed E-state index contributed by atoms with van der Waals surface area (Å²) in [6, 6.07) is 16.8. The van der Waals surface area contributed by atoms with Gasteiger partial charge in [-0.25, -0.2) is 4.98 Å². The second kappa shape index (κ2) is 11.6. The van der Waals surface area contributed by atoms with Crippen molar-refractivity contribution >= 4 is 33.9 Å². The number of carbonyl (C=O) groups is 1. The molecule has 1 amide bonds. The molecule has 9 heteroatoms. The average molecular weight is 578 g/mol. The molecule has 6 rings (SSSR count). The minimum atomic E-state index is -2.21. The molecule has 3 aliphatic rings. The number of hydrogen-bond donors (Lipinski definition) is 0. The Morgan fingerprint density at radius 1 is 1.14 bits per heavy atom. The van der Waals surface area contributed by atoms with Crippen molar-refractivity contribution in [1.82, 2.24) is 14.8 Å².